The fourth-order valence-corrected chi connectivity index (χ4v) is 4.72. The van der Waals surface area contributed by atoms with E-state index in [0.717, 1.165) is 24.2 Å². The van der Waals surface area contributed by atoms with Gasteiger partial charge in [-0.2, -0.15) is 0 Å². The first kappa shape index (κ1) is 17.8. The summed E-state index contributed by atoms with van der Waals surface area (Å²) < 4.78 is 0. The molecule has 2 aromatic heterocycles. The van der Waals surface area contributed by atoms with E-state index >= 15 is 0 Å². The lowest BCUT2D eigenvalue weighted by Crippen LogP contribution is -2.31. The summed E-state index contributed by atoms with van der Waals surface area (Å²) in [7, 11) is 0. The van der Waals surface area contributed by atoms with Gasteiger partial charge in [-0.15, -0.1) is 0 Å². The zero-order valence-corrected chi connectivity index (χ0v) is 16.9. The number of hydrogen-bond donors (Lipinski definition) is 0. The van der Waals surface area contributed by atoms with Crippen LogP contribution in [-0.2, 0) is 18.3 Å². The van der Waals surface area contributed by atoms with Gasteiger partial charge in [0, 0.05) is 17.8 Å². The number of rotatable bonds is 4. The molecule has 2 aromatic carbocycles. The fraction of sp³-hybridized carbons (Fsp3) is 0.185. The summed E-state index contributed by atoms with van der Waals surface area (Å²) in [6, 6.07) is 26.3. The first-order chi connectivity index (χ1) is 14.2. The highest BCUT2D eigenvalue weighted by molar-refractivity contribution is 5.76. The van der Waals surface area contributed by atoms with Crippen molar-refractivity contribution in [3.8, 4) is 11.4 Å². The topological polar surface area (TPSA) is 25.8 Å². The highest BCUT2D eigenvalue weighted by Crippen LogP contribution is 2.51. The van der Waals surface area contributed by atoms with Crippen LogP contribution in [0.2, 0.25) is 0 Å². The predicted octanol–water partition coefficient (Wildman–Crippen LogP) is 5.85. The zero-order valence-electron chi connectivity index (χ0n) is 16.9. The lowest BCUT2D eigenvalue weighted by molar-refractivity contribution is 0.518. The molecule has 0 atom stereocenters. The minimum absolute atomic E-state index is 0.175. The maximum absolute atomic E-state index is 4.85. The Kier molecular flexibility index (Phi) is 4.28. The van der Waals surface area contributed by atoms with Crippen molar-refractivity contribution in [1.82, 2.24) is 9.97 Å². The van der Waals surface area contributed by atoms with Crippen molar-refractivity contribution in [1.29, 1.82) is 0 Å². The Morgan fingerprint density at radius 1 is 0.621 bits per heavy atom. The molecule has 4 aromatic rings. The maximum atomic E-state index is 4.85. The van der Waals surface area contributed by atoms with E-state index in [1.54, 1.807) is 0 Å². The second kappa shape index (κ2) is 6.97. The molecule has 0 radical (unpaired) electrons. The van der Waals surface area contributed by atoms with Crippen LogP contribution in [0, 0.1) is 13.8 Å². The summed E-state index contributed by atoms with van der Waals surface area (Å²) in [6.45, 7) is 4.26. The minimum atomic E-state index is -0.175. The average molecular weight is 377 g/mol. The zero-order chi connectivity index (χ0) is 19.8. The van der Waals surface area contributed by atoms with E-state index in [9.17, 15) is 0 Å². The van der Waals surface area contributed by atoms with Crippen LogP contribution in [0.3, 0.4) is 0 Å². The molecule has 0 saturated heterocycles. The molecule has 0 amide bonds. The van der Waals surface area contributed by atoms with Gasteiger partial charge in [0.25, 0.3) is 0 Å². The molecule has 2 heterocycles. The molecular weight excluding hydrogens is 352 g/mol. The highest BCUT2D eigenvalue weighted by atomic mass is 14.8. The van der Waals surface area contributed by atoms with Crippen molar-refractivity contribution in [3.05, 3.63) is 119 Å². The lowest BCUT2D eigenvalue weighted by atomic mass is 9.69. The van der Waals surface area contributed by atoms with Crippen LogP contribution in [-0.4, -0.2) is 9.97 Å². The lowest BCUT2D eigenvalue weighted by Gasteiger charge is -2.32. The first-order valence-electron chi connectivity index (χ1n) is 10.2. The van der Waals surface area contributed by atoms with Crippen LogP contribution in [0.5, 0.6) is 0 Å². The maximum Gasteiger partial charge on any atom is 0.0930 e. The Hall–Kier alpha value is -3.26. The van der Waals surface area contributed by atoms with E-state index < -0.39 is 0 Å². The largest absolute Gasteiger partial charge is 0.254 e. The molecule has 0 saturated carbocycles. The van der Waals surface area contributed by atoms with Crippen molar-refractivity contribution in [3.63, 3.8) is 0 Å². The van der Waals surface area contributed by atoms with Crippen molar-refractivity contribution >= 4 is 0 Å². The molecule has 1 aliphatic rings. The summed E-state index contributed by atoms with van der Waals surface area (Å²) in [5, 5.41) is 0. The van der Waals surface area contributed by atoms with E-state index in [4.69, 9.17) is 9.97 Å². The van der Waals surface area contributed by atoms with Crippen molar-refractivity contribution in [2.75, 3.05) is 0 Å². The molecule has 2 nitrogen and oxygen atoms in total. The van der Waals surface area contributed by atoms with Crippen molar-refractivity contribution in [2.24, 2.45) is 0 Å². The number of fused-ring (bicyclic) bond motifs is 3. The summed E-state index contributed by atoms with van der Waals surface area (Å²) in [6.07, 6.45) is 5.79. The number of aromatic nitrogens is 2. The normalized spacial score (nSPS) is 13.7. The van der Waals surface area contributed by atoms with E-state index in [1.165, 1.54) is 33.4 Å². The molecule has 0 aliphatic heterocycles. The van der Waals surface area contributed by atoms with Crippen LogP contribution < -0.4 is 0 Å². The van der Waals surface area contributed by atoms with Gasteiger partial charge in [0.1, 0.15) is 0 Å². The van der Waals surface area contributed by atoms with Crippen LogP contribution in [0.15, 0.2) is 85.2 Å². The second-order valence-corrected chi connectivity index (χ2v) is 8.22. The Bertz CT molecular complexity index is 1070. The molecule has 0 unspecified atom stereocenters. The Labute approximate surface area is 172 Å². The van der Waals surface area contributed by atoms with Gasteiger partial charge in [0.15, 0.2) is 0 Å². The van der Waals surface area contributed by atoms with Gasteiger partial charge in [0.05, 0.1) is 11.4 Å². The molecule has 2 heteroatoms. The predicted molar refractivity (Wildman–Crippen MR) is 118 cm³/mol. The summed E-state index contributed by atoms with van der Waals surface area (Å²) in [5.74, 6) is 0. The standard InChI is InChI=1S/C27H24N2/c1-19-13-23-25(28-17-19)26-24(14-20(2)18-29-26)27(23,15-21-9-5-3-6-10-21)16-22-11-7-4-8-12-22/h3-14,17-18H,15-16H2,1-2H3. The molecule has 142 valence electrons. The third-order valence-electron chi connectivity index (χ3n) is 6.00. The average Bonchev–Trinajstić information content (AvgIpc) is 2.98. The molecule has 0 bridgehead atoms. The smallest absolute Gasteiger partial charge is 0.0930 e. The van der Waals surface area contributed by atoms with Gasteiger partial charge in [-0.25, -0.2) is 0 Å². The number of aryl methyl sites for hydroxylation is 2. The Balaban J connectivity index is 1.79. The number of pyridine rings is 2. The molecule has 1 aliphatic carbocycles. The summed E-state index contributed by atoms with van der Waals surface area (Å²) >= 11 is 0. The van der Waals surface area contributed by atoms with Crippen LogP contribution in [0.25, 0.3) is 11.4 Å². The van der Waals surface area contributed by atoms with Crippen LogP contribution in [0.4, 0.5) is 0 Å². The van der Waals surface area contributed by atoms with Crippen molar-refractivity contribution < 1.29 is 0 Å². The van der Waals surface area contributed by atoms with Crippen molar-refractivity contribution in [2.45, 2.75) is 32.1 Å². The third kappa shape index (κ3) is 3.05. The van der Waals surface area contributed by atoms with Gasteiger partial charge < -0.3 is 0 Å². The van der Waals surface area contributed by atoms with Gasteiger partial charge in [-0.1, -0.05) is 72.8 Å². The molecule has 0 N–H and O–H groups in total. The molecule has 0 fully saturated rings. The van der Waals surface area contributed by atoms with Gasteiger partial charge in [-0.05, 0) is 60.1 Å². The van der Waals surface area contributed by atoms with E-state index in [-0.39, 0.29) is 5.41 Å². The quantitative estimate of drug-likeness (QED) is 0.447. The SMILES string of the molecule is Cc1cnc2c(c1)C(Cc1ccccc1)(Cc1ccccc1)c1cc(C)cnc1-2. The Morgan fingerprint density at radius 3 is 1.45 bits per heavy atom. The number of benzene rings is 2. The van der Waals surface area contributed by atoms with E-state index in [2.05, 4.69) is 86.6 Å². The molecule has 5 rings (SSSR count). The Morgan fingerprint density at radius 2 is 1.03 bits per heavy atom. The monoisotopic (exact) mass is 376 g/mol. The number of nitrogens with zero attached hydrogens (tertiary/aromatic N) is 2. The van der Waals surface area contributed by atoms with Gasteiger partial charge in [0.2, 0.25) is 0 Å². The minimum Gasteiger partial charge on any atom is -0.254 e. The first-order valence-corrected chi connectivity index (χ1v) is 10.2. The van der Waals surface area contributed by atoms with Gasteiger partial charge >= 0.3 is 0 Å². The fourth-order valence-electron chi connectivity index (χ4n) is 4.72. The molecule has 0 spiro atoms. The number of hydrogen-bond acceptors (Lipinski definition) is 2. The van der Waals surface area contributed by atoms with Crippen LogP contribution >= 0.6 is 0 Å². The highest BCUT2D eigenvalue weighted by Gasteiger charge is 2.45. The molecular formula is C27H24N2. The summed E-state index contributed by atoms with van der Waals surface area (Å²) in [5.41, 5.74) is 9.57. The summed E-state index contributed by atoms with van der Waals surface area (Å²) in [4.78, 5) is 9.69. The van der Waals surface area contributed by atoms with E-state index in [0.29, 0.717) is 0 Å². The van der Waals surface area contributed by atoms with Gasteiger partial charge in [-0.3, -0.25) is 9.97 Å². The third-order valence-corrected chi connectivity index (χ3v) is 6.00. The molecule has 29 heavy (non-hydrogen) atoms. The van der Waals surface area contributed by atoms with Crippen LogP contribution in [0.1, 0.15) is 33.4 Å². The van der Waals surface area contributed by atoms with E-state index in [1.807, 2.05) is 12.4 Å². The second-order valence-electron chi connectivity index (χ2n) is 8.22.